The number of rotatable bonds is 4. The summed E-state index contributed by atoms with van der Waals surface area (Å²) < 4.78 is 7.04. The van der Waals surface area contributed by atoms with Crippen LogP contribution in [0.3, 0.4) is 0 Å². The third kappa shape index (κ3) is 2.63. The van der Waals surface area contributed by atoms with Crippen LogP contribution < -0.4 is 4.74 Å². The van der Waals surface area contributed by atoms with E-state index < -0.39 is 0 Å². The van der Waals surface area contributed by atoms with Gasteiger partial charge in [-0.05, 0) is 42.0 Å². The Kier molecular flexibility index (Phi) is 3.42. The van der Waals surface area contributed by atoms with Crippen LogP contribution in [0, 0.1) is 0 Å². The Bertz CT molecular complexity index is 854. The van der Waals surface area contributed by atoms with E-state index in [1.807, 2.05) is 53.2 Å². The molecule has 0 spiro atoms. The van der Waals surface area contributed by atoms with E-state index in [0.29, 0.717) is 6.54 Å². The molecule has 0 N–H and O–H groups in total. The fraction of sp³-hybridized carbons (Fsp3) is 0.235. The molecule has 0 aliphatic carbocycles. The van der Waals surface area contributed by atoms with Gasteiger partial charge in [-0.2, -0.15) is 0 Å². The van der Waals surface area contributed by atoms with Gasteiger partial charge in [0.1, 0.15) is 11.3 Å². The molecule has 0 radical (unpaired) electrons. The summed E-state index contributed by atoms with van der Waals surface area (Å²) in [5, 5.41) is 12.6. The first-order valence-electron chi connectivity index (χ1n) is 7.49. The van der Waals surface area contributed by atoms with Crippen molar-refractivity contribution in [1.29, 1.82) is 0 Å². The Hall–Kier alpha value is -2.89. The van der Waals surface area contributed by atoms with Crippen molar-refractivity contribution in [2.24, 2.45) is 5.16 Å². The van der Waals surface area contributed by atoms with E-state index >= 15 is 0 Å². The lowest BCUT2D eigenvalue weighted by Gasteiger charge is -2.08. The highest BCUT2D eigenvalue weighted by Gasteiger charge is 2.23. The fourth-order valence-corrected chi connectivity index (χ4v) is 2.73. The van der Waals surface area contributed by atoms with Crippen molar-refractivity contribution in [3.8, 4) is 5.75 Å². The number of oxime groups is 1. The van der Waals surface area contributed by atoms with Crippen LogP contribution in [0.1, 0.15) is 12.0 Å². The van der Waals surface area contributed by atoms with Gasteiger partial charge in [-0.15, -0.1) is 5.10 Å². The summed E-state index contributed by atoms with van der Waals surface area (Å²) in [5.74, 6) is 0.832. The predicted molar refractivity (Wildman–Crippen MR) is 86.5 cm³/mol. The number of hydrogen-bond acceptors (Lipinski definition) is 5. The molecule has 0 amide bonds. The van der Waals surface area contributed by atoms with E-state index in [1.165, 1.54) is 0 Å². The molecule has 0 fully saturated rings. The van der Waals surface area contributed by atoms with Gasteiger partial charge in [-0.25, -0.2) is 4.68 Å². The minimum absolute atomic E-state index is 0.0304. The zero-order chi connectivity index (χ0) is 15.6. The lowest BCUT2D eigenvalue weighted by atomic mass is 10.0. The largest absolute Gasteiger partial charge is 0.497 e. The highest BCUT2D eigenvalue weighted by atomic mass is 16.6. The first-order valence-corrected chi connectivity index (χ1v) is 7.49. The molecule has 4 rings (SSSR count). The van der Waals surface area contributed by atoms with Crippen molar-refractivity contribution < 1.29 is 9.57 Å². The van der Waals surface area contributed by atoms with Crippen LogP contribution in [-0.4, -0.2) is 33.9 Å². The van der Waals surface area contributed by atoms with Crippen LogP contribution in [0.5, 0.6) is 5.75 Å². The molecule has 1 atom stereocenters. The monoisotopic (exact) mass is 308 g/mol. The lowest BCUT2D eigenvalue weighted by molar-refractivity contribution is 0.0703. The third-order valence-electron chi connectivity index (χ3n) is 3.95. The predicted octanol–water partition coefficient (Wildman–Crippen LogP) is 2.63. The summed E-state index contributed by atoms with van der Waals surface area (Å²) in [6, 6.07) is 15.7. The van der Waals surface area contributed by atoms with E-state index in [0.717, 1.165) is 34.5 Å². The van der Waals surface area contributed by atoms with Gasteiger partial charge in [-0.3, -0.25) is 0 Å². The number of ether oxygens (including phenoxy) is 1. The Morgan fingerprint density at radius 3 is 2.83 bits per heavy atom. The van der Waals surface area contributed by atoms with Crippen molar-refractivity contribution in [2.45, 2.75) is 19.1 Å². The molecule has 0 bridgehead atoms. The molecule has 23 heavy (non-hydrogen) atoms. The van der Waals surface area contributed by atoms with Crippen LogP contribution in [-0.2, 0) is 11.4 Å². The summed E-state index contributed by atoms with van der Waals surface area (Å²) in [5.41, 5.74) is 3.90. The molecule has 3 aromatic rings. The zero-order valence-corrected chi connectivity index (χ0v) is 12.7. The average Bonchev–Trinajstić information content (AvgIpc) is 3.23. The minimum Gasteiger partial charge on any atom is -0.497 e. The molecule has 1 unspecified atom stereocenters. The second kappa shape index (κ2) is 5.72. The Balaban J connectivity index is 1.47. The number of fused-ring (bicyclic) bond motifs is 1. The summed E-state index contributed by atoms with van der Waals surface area (Å²) in [6.07, 6.45) is 0.720. The maximum Gasteiger partial charge on any atom is 0.152 e. The van der Waals surface area contributed by atoms with Crippen molar-refractivity contribution in [3.05, 3.63) is 54.1 Å². The minimum atomic E-state index is -0.0304. The van der Waals surface area contributed by atoms with E-state index in [-0.39, 0.29) is 6.10 Å². The molecule has 6 nitrogen and oxygen atoms in total. The van der Waals surface area contributed by atoms with Crippen LogP contribution >= 0.6 is 0 Å². The number of nitrogens with zero attached hydrogens (tertiary/aromatic N) is 4. The number of methoxy groups -OCH3 is 1. The van der Waals surface area contributed by atoms with Gasteiger partial charge >= 0.3 is 0 Å². The maximum absolute atomic E-state index is 5.57. The van der Waals surface area contributed by atoms with Crippen molar-refractivity contribution in [2.75, 3.05) is 7.11 Å². The van der Waals surface area contributed by atoms with Gasteiger partial charge in [0, 0.05) is 6.42 Å². The van der Waals surface area contributed by atoms with E-state index in [9.17, 15) is 0 Å². The molecular weight excluding hydrogens is 292 g/mol. The molecular formula is C17H16N4O2. The second-order valence-corrected chi connectivity index (χ2v) is 5.46. The Morgan fingerprint density at radius 2 is 2.00 bits per heavy atom. The third-order valence-corrected chi connectivity index (χ3v) is 3.95. The number of benzene rings is 2. The molecule has 0 saturated carbocycles. The van der Waals surface area contributed by atoms with Gasteiger partial charge in [-0.1, -0.05) is 22.5 Å². The summed E-state index contributed by atoms with van der Waals surface area (Å²) in [6.45, 7) is 0.629. The highest BCUT2D eigenvalue weighted by molar-refractivity contribution is 6.01. The Morgan fingerprint density at radius 1 is 1.17 bits per heavy atom. The molecule has 116 valence electrons. The van der Waals surface area contributed by atoms with Gasteiger partial charge in [0.05, 0.1) is 24.9 Å². The fourth-order valence-electron chi connectivity index (χ4n) is 2.73. The molecule has 2 heterocycles. The second-order valence-electron chi connectivity index (χ2n) is 5.46. The first kappa shape index (κ1) is 13.8. The molecule has 2 aromatic carbocycles. The zero-order valence-electron chi connectivity index (χ0n) is 12.7. The van der Waals surface area contributed by atoms with Crippen LogP contribution in [0.2, 0.25) is 0 Å². The number of aromatic nitrogens is 3. The van der Waals surface area contributed by atoms with Gasteiger partial charge in [0.15, 0.2) is 6.10 Å². The van der Waals surface area contributed by atoms with Crippen molar-refractivity contribution in [1.82, 2.24) is 15.0 Å². The molecule has 0 saturated heterocycles. The summed E-state index contributed by atoms with van der Waals surface area (Å²) >= 11 is 0. The average molecular weight is 308 g/mol. The SMILES string of the molecule is COc1ccc(C2=NOC(Cn3nnc4ccccc43)C2)cc1. The smallest absolute Gasteiger partial charge is 0.152 e. The molecule has 6 heteroatoms. The summed E-state index contributed by atoms with van der Waals surface area (Å²) in [4.78, 5) is 5.57. The van der Waals surface area contributed by atoms with E-state index in [1.54, 1.807) is 7.11 Å². The Labute approximate surface area is 133 Å². The van der Waals surface area contributed by atoms with Crippen LogP contribution in [0.25, 0.3) is 11.0 Å². The molecule has 1 aromatic heterocycles. The number of para-hydroxylation sites is 1. The van der Waals surface area contributed by atoms with Crippen LogP contribution in [0.15, 0.2) is 53.7 Å². The van der Waals surface area contributed by atoms with Crippen molar-refractivity contribution >= 4 is 16.7 Å². The molecule has 1 aliphatic rings. The first-order chi connectivity index (χ1) is 11.3. The normalized spacial score (nSPS) is 17.1. The van der Waals surface area contributed by atoms with E-state index in [4.69, 9.17) is 9.57 Å². The molecule has 1 aliphatic heterocycles. The lowest BCUT2D eigenvalue weighted by Crippen LogP contribution is -2.17. The number of hydrogen-bond donors (Lipinski definition) is 0. The van der Waals surface area contributed by atoms with Gasteiger partial charge < -0.3 is 9.57 Å². The standard InChI is InChI=1S/C17H16N4O2/c1-22-13-8-6-12(7-9-13)16-10-14(23-19-16)11-21-17-5-3-2-4-15(17)18-20-21/h2-9,14H,10-11H2,1H3. The van der Waals surface area contributed by atoms with Gasteiger partial charge in [0.25, 0.3) is 0 Å². The highest BCUT2D eigenvalue weighted by Crippen LogP contribution is 2.21. The van der Waals surface area contributed by atoms with Crippen LogP contribution in [0.4, 0.5) is 0 Å². The topological polar surface area (TPSA) is 61.5 Å². The van der Waals surface area contributed by atoms with Gasteiger partial charge in [0.2, 0.25) is 0 Å². The summed E-state index contributed by atoms with van der Waals surface area (Å²) in [7, 11) is 1.66. The maximum atomic E-state index is 5.57. The van der Waals surface area contributed by atoms with E-state index in [2.05, 4.69) is 15.5 Å². The quantitative estimate of drug-likeness (QED) is 0.743. The van der Waals surface area contributed by atoms with Crippen molar-refractivity contribution in [3.63, 3.8) is 0 Å².